The van der Waals surface area contributed by atoms with Crippen molar-refractivity contribution in [1.29, 1.82) is 0 Å². The number of cyclic esters (lactones) is 1. The summed E-state index contributed by atoms with van der Waals surface area (Å²) in [6, 6.07) is 15.1. The first-order valence-corrected chi connectivity index (χ1v) is 12.5. The van der Waals surface area contributed by atoms with E-state index in [1.807, 2.05) is 43.8 Å². The van der Waals surface area contributed by atoms with Crippen LogP contribution in [0.3, 0.4) is 0 Å². The maximum Gasteiger partial charge on any atom is 0.412 e. The Morgan fingerprint density at radius 2 is 1.84 bits per heavy atom. The molecular formula is C26H33NO3S. The van der Waals surface area contributed by atoms with Crippen LogP contribution in [0.2, 0.25) is 0 Å². The molecule has 0 radical (unpaired) electrons. The van der Waals surface area contributed by atoms with Crippen LogP contribution in [0.4, 0.5) is 10.5 Å². The molecule has 1 fully saturated rings. The zero-order chi connectivity index (χ0) is 21.7. The molecule has 166 valence electrons. The average Bonchev–Trinajstić information content (AvgIpc) is 2.77. The monoisotopic (exact) mass is 439 g/mol. The largest absolute Gasteiger partial charge is 0.491 e. The Morgan fingerprint density at radius 3 is 2.61 bits per heavy atom. The molecule has 2 aliphatic rings. The lowest BCUT2D eigenvalue weighted by Crippen LogP contribution is -2.34. The molecule has 0 atom stereocenters. The third kappa shape index (κ3) is 5.57. The van der Waals surface area contributed by atoms with Crippen molar-refractivity contribution in [1.82, 2.24) is 0 Å². The third-order valence-corrected chi connectivity index (χ3v) is 7.37. The minimum Gasteiger partial charge on any atom is -0.491 e. The molecule has 4 nitrogen and oxygen atoms in total. The van der Waals surface area contributed by atoms with Crippen molar-refractivity contribution < 1.29 is 14.3 Å². The van der Waals surface area contributed by atoms with Gasteiger partial charge in [0, 0.05) is 10.5 Å². The van der Waals surface area contributed by atoms with E-state index in [1.54, 1.807) is 0 Å². The summed E-state index contributed by atoms with van der Waals surface area (Å²) in [5.41, 5.74) is 2.54. The van der Waals surface area contributed by atoms with Crippen molar-refractivity contribution in [3.63, 3.8) is 0 Å². The van der Waals surface area contributed by atoms with E-state index in [4.69, 9.17) is 9.47 Å². The SMILES string of the molecule is CC1(C)OC(=O)Nc2c(OCCCCSc3ccc(C4CCCCC4)cc3)cccc21. The van der Waals surface area contributed by atoms with E-state index in [1.165, 1.54) is 42.6 Å². The maximum absolute atomic E-state index is 11.9. The Bertz CT molecular complexity index is 888. The van der Waals surface area contributed by atoms with Gasteiger partial charge in [0.25, 0.3) is 0 Å². The summed E-state index contributed by atoms with van der Waals surface area (Å²) in [4.78, 5) is 13.2. The number of nitrogens with one attached hydrogen (secondary N) is 1. The summed E-state index contributed by atoms with van der Waals surface area (Å²) in [6.07, 6.45) is 8.51. The lowest BCUT2D eigenvalue weighted by Gasteiger charge is -2.33. The zero-order valence-corrected chi connectivity index (χ0v) is 19.4. The van der Waals surface area contributed by atoms with E-state index in [-0.39, 0.29) is 0 Å². The maximum atomic E-state index is 11.9. The molecule has 2 aromatic rings. The Balaban J connectivity index is 1.20. The second-order valence-electron chi connectivity index (χ2n) is 9.01. The molecule has 0 spiro atoms. The van der Waals surface area contributed by atoms with Crippen molar-refractivity contribution in [2.45, 2.75) is 75.2 Å². The minimum atomic E-state index is -0.653. The molecule has 1 aliphatic carbocycles. The highest BCUT2D eigenvalue weighted by Crippen LogP contribution is 2.41. The fourth-order valence-electron chi connectivity index (χ4n) is 4.54. The molecule has 0 aromatic heterocycles. The van der Waals surface area contributed by atoms with E-state index in [2.05, 4.69) is 29.6 Å². The number of unbranched alkanes of at least 4 members (excludes halogenated alkanes) is 1. The van der Waals surface area contributed by atoms with Crippen LogP contribution < -0.4 is 10.1 Å². The number of para-hydroxylation sites is 1. The minimum absolute atomic E-state index is 0.431. The quantitative estimate of drug-likeness (QED) is 0.342. The van der Waals surface area contributed by atoms with Crippen molar-refractivity contribution in [3.8, 4) is 5.75 Å². The van der Waals surface area contributed by atoms with E-state index in [0.29, 0.717) is 12.4 Å². The van der Waals surface area contributed by atoms with Crippen LogP contribution in [0.25, 0.3) is 0 Å². The van der Waals surface area contributed by atoms with E-state index >= 15 is 0 Å². The van der Waals surface area contributed by atoms with Gasteiger partial charge in [-0.25, -0.2) is 4.79 Å². The lowest BCUT2D eigenvalue weighted by molar-refractivity contribution is 0.0416. The standard InChI is InChI=1S/C26H33NO3S/c1-26(2)22-11-8-12-23(24(22)27-25(28)30-26)29-17-6-7-18-31-21-15-13-20(14-16-21)19-9-4-3-5-10-19/h8,11-16,19H,3-7,9-10,17-18H2,1-2H3,(H,27,28). The van der Waals surface area contributed by atoms with Gasteiger partial charge >= 0.3 is 6.09 Å². The predicted octanol–water partition coefficient (Wildman–Crippen LogP) is 7.48. The number of anilines is 1. The van der Waals surface area contributed by atoms with Crippen LogP contribution in [0, 0.1) is 0 Å². The van der Waals surface area contributed by atoms with Gasteiger partial charge in [0.15, 0.2) is 0 Å². The highest BCUT2D eigenvalue weighted by molar-refractivity contribution is 7.99. The van der Waals surface area contributed by atoms with Gasteiger partial charge in [-0.3, -0.25) is 5.32 Å². The number of ether oxygens (including phenoxy) is 2. The Hall–Kier alpha value is -2.14. The second kappa shape index (κ2) is 9.99. The van der Waals surface area contributed by atoms with Crippen molar-refractivity contribution in [2.75, 3.05) is 17.7 Å². The number of benzene rings is 2. The summed E-state index contributed by atoms with van der Waals surface area (Å²) in [7, 11) is 0. The fraction of sp³-hybridized carbons (Fsp3) is 0.500. The zero-order valence-electron chi connectivity index (χ0n) is 18.6. The second-order valence-corrected chi connectivity index (χ2v) is 10.2. The predicted molar refractivity (Wildman–Crippen MR) is 127 cm³/mol. The van der Waals surface area contributed by atoms with Gasteiger partial charge in [0.05, 0.1) is 12.3 Å². The highest BCUT2D eigenvalue weighted by Gasteiger charge is 2.34. The van der Waals surface area contributed by atoms with Crippen molar-refractivity contribution in [3.05, 3.63) is 53.6 Å². The number of hydrogen-bond donors (Lipinski definition) is 1. The summed E-state index contributed by atoms with van der Waals surface area (Å²) in [5.74, 6) is 2.57. The molecule has 0 saturated heterocycles. The number of amides is 1. The first-order valence-electron chi connectivity index (χ1n) is 11.5. The van der Waals surface area contributed by atoms with Gasteiger partial charge in [-0.1, -0.05) is 43.5 Å². The van der Waals surface area contributed by atoms with Crippen molar-refractivity contribution in [2.24, 2.45) is 0 Å². The molecule has 1 amide bonds. The van der Waals surface area contributed by atoms with Crippen LogP contribution >= 0.6 is 11.8 Å². The first kappa shape index (κ1) is 22.1. The van der Waals surface area contributed by atoms with Gasteiger partial charge in [-0.15, -0.1) is 11.8 Å². The molecular weight excluding hydrogens is 406 g/mol. The number of hydrogen-bond acceptors (Lipinski definition) is 4. The van der Waals surface area contributed by atoms with Crippen LogP contribution in [0.5, 0.6) is 5.75 Å². The number of fused-ring (bicyclic) bond motifs is 1. The van der Waals surface area contributed by atoms with Crippen LogP contribution in [0.1, 0.15) is 75.8 Å². The van der Waals surface area contributed by atoms with Gasteiger partial charge in [-0.2, -0.15) is 0 Å². The summed E-state index contributed by atoms with van der Waals surface area (Å²) in [6.45, 7) is 4.43. The molecule has 4 rings (SSSR count). The molecule has 1 aliphatic heterocycles. The lowest BCUT2D eigenvalue weighted by atomic mass is 9.84. The molecule has 0 unspecified atom stereocenters. The molecule has 1 saturated carbocycles. The number of rotatable bonds is 8. The van der Waals surface area contributed by atoms with E-state index in [9.17, 15) is 4.79 Å². The van der Waals surface area contributed by atoms with Gasteiger partial charge < -0.3 is 9.47 Å². The molecule has 2 aromatic carbocycles. The smallest absolute Gasteiger partial charge is 0.412 e. The normalized spacial score (nSPS) is 18.1. The van der Waals surface area contributed by atoms with Gasteiger partial charge in [0.2, 0.25) is 0 Å². The Labute approximate surface area is 190 Å². The molecule has 31 heavy (non-hydrogen) atoms. The van der Waals surface area contributed by atoms with Crippen LogP contribution in [-0.4, -0.2) is 18.5 Å². The molecule has 1 heterocycles. The number of carbonyl (C=O) groups excluding carboxylic acids is 1. The molecule has 0 bridgehead atoms. The highest BCUT2D eigenvalue weighted by atomic mass is 32.2. The number of carbonyl (C=O) groups is 1. The average molecular weight is 440 g/mol. The van der Waals surface area contributed by atoms with E-state index in [0.717, 1.165) is 35.8 Å². The Morgan fingerprint density at radius 1 is 1.06 bits per heavy atom. The fourth-order valence-corrected chi connectivity index (χ4v) is 5.46. The van der Waals surface area contributed by atoms with Gasteiger partial charge in [0.1, 0.15) is 11.4 Å². The molecule has 1 N–H and O–H groups in total. The number of thioether (sulfide) groups is 1. The van der Waals surface area contributed by atoms with Crippen molar-refractivity contribution >= 4 is 23.5 Å². The summed E-state index contributed by atoms with van der Waals surface area (Å²) >= 11 is 1.92. The molecule has 5 heteroatoms. The van der Waals surface area contributed by atoms with Crippen LogP contribution in [-0.2, 0) is 10.3 Å². The first-order chi connectivity index (χ1) is 15.0. The van der Waals surface area contributed by atoms with E-state index < -0.39 is 11.7 Å². The van der Waals surface area contributed by atoms with Crippen LogP contribution in [0.15, 0.2) is 47.4 Å². The summed E-state index contributed by atoms with van der Waals surface area (Å²) < 4.78 is 11.4. The van der Waals surface area contributed by atoms with Gasteiger partial charge in [-0.05, 0) is 75.0 Å². The third-order valence-electron chi connectivity index (χ3n) is 6.27. The Kier molecular flexibility index (Phi) is 7.11. The summed E-state index contributed by atoms with van der Waals surface area (Å²) in [5, 5.41) is 2.80. The topological polar surface area (TPSA) is 47.6 Å².